The highest BCUT2D eigenvalue weighted by molar-refractivity contribution is 7.13. The lowest BCUT2D eigenvalue weighted by Crippen LogP contribution is -2.07. The second-order valence-corrected chi connectivity index (χ2v) is 7.06. The molecule has 0 radical (unpaired) electrons. The first-order valence-electron chi connectivity index (χ1n) is 8.78. The van der Waals surface area contributed by atoms with Gasteiger partial charge in [0.15, 0.2) is 0 Å². The first-order chi connectivity index (χ1) is 12.7. The second-order valence-electron chi connectivity index (χ2n) is 6.20. The Morgan fingerprint density at radius 1 is 1.46 bits per heavy atom. The number of carbonyl (C=O) groups is 1. The van der Waals surface area contributed by atoms with Crippen molar-refractivity contribution in [2.45, 2.75) is 32.8 Å². The molecule has 6 nitrogen and oxygen atoms in total. The van der Waals surface area contributed by atoms with E-state index >= 15 is 0 Å². The molecule has 3 rings (SSSR count). The van der Waals surface area contributed by atoms with Gasteiger partial charge in [-0.15, -0.1) is 11.3 Å². The van der Waals surface area contributed by atoms with E-state index in [-0.39, 0.29) is 12.4 Å². The number of carbonyl (C=O) groups excluding carboxylic acids is 1. The molecule has 0 unspecified atom stereocenters. The van der Waals surface area contributed by atoms with Crippen LogP contribution in [0.5, 0.6) is 0 Å². The van der Waals surface area contributed by atoms with Crippen molar-refractivity contribution < 1.29 is 14.3 Å². The van der Waals surface area contributed by atoms with Gasteiger partial charge in [0, 0.05) is 12.0 Å². The number of aromatic nitrogens is 1. The fraction of sp³-hybridized carbons (Fsp3) is 0.421. The zero-order chi connectivity index (χ0) is 18.2. The highest BCUT2D eigenvalue weighted by Crippen LogP contribution is 2.29. The number of thiazole rings is 1. The van der Waals surface area contributed by atoms with E-state index in [9.17, 15) is 4.79 Å². The molecule has 0 aliphatic heterocycles. The molecule has 0 saturated heterocycles. The molecule has 0 amide bonds. The molecular weight excluding hydrogens is 350 g/mol. The fourth-order valence-electron chi connectivity index (χ4n) is 2.35. The van der Waals surface area contributed by atoms with E-state index in [1.807, 2.05) is 17.5 Å². The number of rotatable bonds is 10. The molecule has 1 heterocycles. The van der Waals surface area contributed by atoms with Crippen LogP contribution in [-0.2, 0) is 27.3 Å². The number of hydrogen-bond acceptors (Lipinski definition) is 7. The third-order valence-corrected chi connectivity index (χ3v) is 4.62. The average molecular weight is 373 g/mol. The molecule has 1 aromatic heterocycles. The van der Waals surface area contributed by atoms with Gasteiger partial charge in [-0.05, 0) is 42.9 Å². The minimum atomic E-state index is -0.270. The van der Waals surface area contributed by atoms with E-state index in [0.717, 1.165) is 23.7 Å². The monoisotopic (exact) mass is 373 g/mol. The van der Waals surface area contributed by atoms with Crippen molar-refractivity contribution in [3.8, 4) is 0 Å². The molecule has 7 heteroatoms. The molecule has 1 aromatic carbocycles. The SMILES string of the molecule is CCOC(=O)Cc1csc(NN=Cc2cccc(COCC3CC3)c2)n1. The quantitative estimate of drug-likeness (QED) is 0.391. The Morgan fingerprint density at radius 2 is 2.35 bits per heavy atom. The van der Waals surface area contributed by atoms with Crippen LogP contribution < -0.4 is 5.43 Å². The van der Waals surface area contributed by atoms with E-state index in [2.05, 4.69) is 27.6 Å². The standard InChI is InChI=1S/C19H23N3O3S/c1-2-25-18(23)9-17-13-26-19(21-17)22-20-10-15-4-3-5-16(8-15)12-24-11-14-6-7-14/h3-5,8,10,13-14H,2,6-7,9,11-12H2,1H3,(H,21,22). The van der Waals surface area contributed by atoms with Gasteiger partial charge in [-0.2, -0.15) is 5.10 Å². The van der Waals surface area contributed by atoms with Crippen molar-refractivity contribution in [2.75, 3.05) is 18.6 Å². The molecule has 0 spiro atoms. The lowest BCUT2D eigenvalue weighted by Gasteiger charge is -2.04. The Morgan fingerprint density at radius 3 is 3.15 bits per heavy atom. The summed E-state index contributed by atoms with van der Waals surface area (Å²) in [5.74, 6) is 0.504. The van der Waals surface area contributed by atoms with Crippen LogP contribution in [0.3, 0.4) is 0 Å². The van der Waals surface area contributed by atoms with Crippen LogP contribution in [0.15, 0.2) is 34.7 Å². The average Bonchev–Trinajstić information content (AvgIpc) is 3.34. The van der Waals surface area contributed by atoms with Crippen molar-refractivity contribution in [1.29, 1.82) is 0 Å². The lowest BCUT2D eigenvalue weighted by molar-refractivity contribution is -0.142. The normalized spacial score (nSPS) is 13.9. The van der Waals surface area contributed by atoms with Crippen molar-refractivity contribution in [2.24, 2.45) is 11.0 Å². The summed E-state index contributed by atoms with van der Waals surface area (Å²) in [4.78, 5) is 15.8. The highest BCUT2D eigenvalue weighted by Gasteiger charge is 2.20. The van der Waals surface area contributed by atoms with Crippen LogP contribution in [0.1, 0.15) is 36.6 Å². The third kappa shape index (κ3) is 6.24. The number of nitrogens with one attached hydrogen (secondary N) is 1. The lowest BCUT2D eigenvalue weighted by atomic mass is 10.1. The number of ether oxygens (including phenoxy) is 2. The molecule has 2 aromatic rings. The molecule has 1 fully saturated rings. The van der Waals surface area contributed by atoms with Gasteiger partial charge >= 0.3 is 5.97 Å². The zero-order valence-corrected chi connectivity index (χ0v) is 15.6. The van der Waals surface area contributed by atoms with Crippen LogP contribution in [0, 0.1) is 5.92 Å². The van der Waals surface area contributed by atoms with Crippen LogP contribution in [0.2, 0.25) is 0 Å². The van der Waals surface area contributed by atoms with Crippen LogP contribution >= 0.6 is 11.3 Å². The van der Waals surface area contributed by atoms with E-state index in [1.54, 1.807) is 13.1 Å². The predicted molar refractivity (Wildman–Crippen MR) is 102 cm³/mol. The van der Waals surface area contributed by atoms with Crippen molar-refractivity contribution >= 4 is 28.7 Å². The van der Waals surface area contributed by atoms with Gasteiger partial charge in [0.05, 0.1) is 31.5 Å². The predicted octanol–water partition coefficient (Wildman–Crippen LogP) is 3.62. The molecule has 1 saturated carbocycles. The topological polar surface area (TPSA) is 72.8 Å². The maximum absolute atomic E-state index is 11.5. The molecule has 26 heavy (non-hydrogen) atoms. The van der Waals surface area contributed by atoms with Crippen molar-refractivity contribution in [3.63, 3.8) is 0 Å². The summed E-state index contributed by atoms with van der Waals surface area (Å²) in [6.07, 6.45) is 4.53. The smallest absolute Gasteiger partial charge is 0.311 e. The van der Waals surface area contributed by atoms with Gasteiger partial charge in [0.25, 0.3) is 0 Å². The first-order valence-corrected chi connectivity index (χ1v) is 9.66. The molecule has 0 atom stereocenters. The number of hydrogen-bond donors (Lipinski definition) is 1. The summed E-state index contributed by atoms with van der Waals surface area (Å²) < 4.78 is 10.6. The summed E-state index contributed by atoms with van der Waals surface area (Å²) in [6, 6.07) is 8.11. The number of nitrogens with zero attached hydrogens (tertiary/aromatic N) is 2. The van der Waals surface area contributed by atoms with E-state index in [4.69, 9.17) is 9.47 Å². The summed E-state index contributed by atoms with van der Waals surface area (Å²) >= 11 is 1.40. The number of anilines is 1. The summed E-state index contributed by atoms with van der Waals surface area (Å²) in [5, 5.41) is 6.69. The van der Waals surface area contributed by atoms with Crippen LogP contribution in [0.25, 0.3) is 0 Å². The Bertz CT molecular complexity index is 756. The number of esters is 1. The van der Waals surface area contributed by atoms with Crippen molar-refractivity contribution in [1.82, 2.24) is 4.98 Å². The van der Waals surface area contributed by atoms with E-state index < -0.39 is 0 Å². The van der Waals surface area contributed by atoms with Gasteiger partial charge in [-0.25, -0.2) is 4.98 Å². The molecule has 1 aliphatic carbocycles. The zero-order valence-electron chi connectivity index (χ0n) is 14.8. The van der Waals surface area contributed by atoms with Gasteiger partial charge < -0.3 is 9.47 Å². The molecular formula is C19H23N3O3S. The molecule has 1 aliphatic rings. The summed E-state index contributed by atoms with van der Waals surface area (Å²) in [7, 11) is 0. The maximum atomic E-state index is 11.5. The maximum Gasteiger partial charge on any atom is 0.311 e. The number of hydrazone groups is 1. The van der Waals surface area contributed by atoms with Gasteiger partial charge in [0.1, 0.15) is 0 Å². The largest absolute Gasteiger partial charge is 0.466 e. The number of benzene rings is 1. The van der Waals surface area contributed by atoms with Gasteiger partial charge in [-0.1, -0.05) is 18.2 Å². The summed E-state index contributed by atoms with van der Waals surface area (Å²) in [6.45, 7) is 3.66. The first kappa shape index (κ1) is 18.5. The Labute approximate surface area is 157 Å². The van der Waals surface area contributed by atoms with E-state index in [0.29, 0.717) is 24.0 Å². The fourth-order valence-corrected chi connectivity index (χ4v) is 3.01. The van der Waals surface area contributed by atoms with Gasteiger partial charge in [0.2, 0.25) is 5.13 Å². The van der Waals surface area contributed by atoms with Crippen LogP contribution in [-0.4, -0.2) is 30.4 Å². The second kappa shape index (κ2) is 9.45. The highest BCUT2D eigenvalue weighted by atomic mass is 32.1. The Hall–Kier alpha value is -2.25. The molecule has 1 N–H and O–H groups in total. The van der Waals surface area contributed by atoms with Crippen molar-refractivity contribution in [3.05, 3.63) is 46.5 Å². The summed E-state index contributed by atoms with van der Waals surface area (Å²) in [5.41, 5.74) is 5.71. The van der Waals surface area contributed by atoms with Gasteiger partial charge in [-0.3, -0.25) is 10.2 Å². The minimum Gasteiger partial charge on any atom is -0.466 e. The van der Waals surface area contributed by atoms with E-state index in [1.165, 1.54) is 24.2 Å². The Balaban J connectivity index is 1.47. The molecule has 0 bridgehead atoms. The Kier molecular flexibility index (Phi) is 6.74. The minimum absolute atomic E-state index is 0.179. The third-order valence-electron chi connectivity index (χ3n) is 3.83. The van der Waals surface area contributed by atoms with Crippen LogP contribution in [0.4, 0.5) is 5.13 Å². The molecule has 138 valence electrons.